The van der Waals surface area contributed by atoms with Crippen molar-refractivity contribution in [2.75, 3.05) is 19.8 Å². The molecule has 4 aliphatic rings. The van der Waals surface area contributed by atoms with Crippen LogP contribution in [0.3, 0.4) is 0 Å². The number of hydrogen-bond donors (Lipinski definition) is 1. The summed E-state index contributed by atoms with van der Waals surface area (Å²) in [5.74, 6) is 0.863. The standard InChI is InChI=1S/C16H26O5/c17-9-14-10-19-16(21-14)7-11-5-13(6-12(11)8-16)20-15-3-1-2-4-18-15/h11-15,17H,1-10H2. The SMILES string of the molecule is OCC1COC2(CC3CC(OC4CCCCO4)CC3C2)O1. The van der Waals surface area contributed by atoms with Crippen LogP contribution >= 0.6 is 0 Å². The second-order valence-corrected chi connectivity index (χ2v) is 7.10. The maximum Gasteiger partial charge on any atom is 0.169 e. The van der Waals surface area contributed by atoms with Gasteiger partial charge in [0.15, 0.2) is 12.1 Å². The zero-order valence-corrected chi connectivity index (χ0v) is 12.5. The van der Waals surface area contributed by atoms with Crippen LogP contribution in [-0.2, 0) is 18.9 Å². The molecule has 0 bridgehead atoms. The van der Waals surface area contributed by atoms with Gasteiger partial charge in [0.25, 0.3) is 0 Å². The topological polar surface area (TPSA) is 57.2 Å². The predicted molar refractivity (Wildman–Crippen MR) is 74.6 cm³/mol. The molecule has 5 nitrogen and oxygen atoms in total. The van der Waals surface area contributed by atoms with Crippen molar-refractivity contribution in [1.82, 2.24) is 0 Å². The summed E-state index contributed by atoms with van der Waals surface area (Å²) in [6, 6.07) is 0. The number of rotatable bonds is 3. The van der Waals surface area contributed by atoms with Crippen molar-refractivity contribution in [3.8, 4) is 0 Å². The molecule has 1 N–H and O–H groups in total. The minimum absolute atomic E-state index is 0.0225. The molecule has 120 valence electrons. The zero-order valence-electron chi connectivity index (χ0n) is 12.5. The highest BCUT2D eigenvalue weighted by Gasteiger charge is 2.54. The van der Waals surface area contributed by atoms with Gasteiger partial charge in [-0.25, -0.2) is 0 Å². The van der Waals surface area contributed by atoms with E-state index in [0.717, 1.165) is 38.7 Å². The van der Waals surface area contributed by atoms with Gasteiger partial charge in [-0.3, -0.25) is 0 Å². The molecular formula is C16H26O5. The molecule has 2 aliphatic carbocycles. The smallest absolute Gasteiger partial charge is 0.169 e. The maximum atomic E-state index is 9.20. The van der Waals surface area contributed by atoms with Gasteiger partial charge in [0, 0.05) is 19.4 Å². The Morgan fingerprint density at radius 2 is 1.95 bits per heavy atom. The summed E-state index contributed by atoms with van der Waals surface area (Å²) in [4.78, 5) is 0. The normalized spacial score (nSPS) is 49.9. The lowest BCUT2D eigenvalue weighted by molar-refractivity contribution is -0.194. The number of hydrogen-bond acceptors (Lipinski definition) is 5. The fraction of sp³-hybridized carbons (Fsp3) is 1.00. The number of aliphatic hydroxyl groups excluding tert-OH is 1. The maximum absolute atomic E-state index is 9.20. The van der Waals surface area contributed by atoms with Crippen molar-refractivity contribution in [3.63, 3.8) is 0 Å². The van der Waals surface area contributed by atoms with E-state index in [-0.39, 0.29) is 19.0 Å². The summed E-state index contributed by atoms with van der Waals surface area (Å²) < 4.78 is 23.6. The Morgan fingerprint density at radius 3 is 2.57 bits per heavy atom. The Kier molecular flexibility index (Phi) is 3.96. The lowest BCUT2D eigenvalue weighted by atomic mass is 10.0. The summed E-state index contributed by atoms with van der Waals surface area (Å²) >= 11 is 0. The van der Waals surface area contributed by atoms with Crippen LogP contribution in [-0.4, -0.2) is 49.2 Å². The molecule has 1 spiro atoms. The van der Waals surface area contributed by atoms with E-state index in [1.54, 1.807) is 0 Å². The zero-order chi connectivity index (χ0) is 14.3. The summed E-state index contributed by atoms with van der Waals surface area (Å²) in [7, 11) is 0. The van der Waals surface area contributed by atoms with Gasteiger partial charge in [-0.1, -0.05) is 0 Å². The Morgan fingerprint density at radius 1 is 1.14 bits per heavy atom. The van der Waals surface area contributed by atoms with Crippen molar-refractivity contribution in [1.29, 1.82) is 0 Å². The van der Waals surface area contributed by atoms with E-state index in [0.29, 0.717) is 24.5 Å². The van der Waals surface area contributed by atoms with Crippen LogP contribution < -0.4 is 0 Å². The summed E-state index contributed by atoms with van der Waals surface area (Å²) in [5.41, 5.74) is 0. The van der Waals surface area contributed by atoms with Gasteiger partial charge in [-0.05, 0) is 43.9 Å². The molecule has 4 rings (SSSR count). The van der Waals surface area contributed by atoms with Crippen LogP contribution in [0.25, 0.3) is 0 Å². The molecule has 0 aromatic heterocycles. The monoisotopic (exact) mass is 298 g/mol. The third kappa shape index (κ3) is 2.86. The fourth-order valence-electron chi connectivity index (χ4n) is 4.60. The van der Waals surface area contributed by atoms with Gasteiger partial charge in [-0.2, -0.15) is 0 Å². The van der Waals surface area contributed by atoms with Gasteiger partial charge < -0.3 is 24.1 Å². The van der Waals surface area contributed by atoms with Crippen LogP contribution in [0.1, 0.15) is 44.9 Å². The first-order valence-electron chi connectivity index (χ1n) is 8.46. The molecule has 0 amide bonds. The van der Waals surface area contributed by atoms with Gasteiger partial charge in [0.05, 0.1) is 19.3 Å². The van der Waals surface area contributed by atoms with Crippen LogP contribution in [0.15, 0.2) is 0 Å². The molecule has 0 radical (unpaired) electrons. The lowest BCUT2D eigenvalue weighted by Crippen LogP contribution is -2.31. The first-order valence-corrected chi connectivity index (χ1v) is 8.46. The third-order valence-corrected chi connectivity index (χ3v) is 5.54. The molecular weight excluding hydrogens is 272 g/mol. The second-order valence-electron chi connectivity index (χ2n) is 7.10. The Labute approximate surface area is 125 Å². The molecule has 4 unspecified atom stereocenters. The molecule has 4 fully saturated rings. The average Bonchev–Trinajstić information content (AvgIpc) is 3.14. The first-order chi connectivity index (χ1) is 10.3. The Hall–Kier alpha value is -0.200. The average molecular weight is 298 g/mol. The summed E-state index contributed by atoms with van der Waals surface area (Å²) in [6.07, 6.45) is 7.78. The van der Waals surface area contributed by atoms with Gasteiger partial charge in [-0.15, -0.1) is 0 Å². The van der Waals surface area contributed by atoms with E-state index in [4.69, 9.17) is 18.9 Å². The lowest BCUT2D eigenvalue weighted by Gasteiger charge is -2.28. The van der Waals surface area contributed by atoms with Crippen molar-refractivity contribution in [3.05, 3.63) is 0 Å². The quantitative estimate of drug-likeness (QED) is 0.861. The number of aliphatic hydroxyl groups is 1. The van der Waals surface area contributed by atoms with Crippen molar-refractivity contribution >= 4 is 0 Å². The van der Waals surface area contributed by atoms with Gasteiger partial charge in [0.1, 0.15) is 6.10 Å². The van der Waals surface area contributed by atoms with Crippen molar-refractivity contribution in [2.45, 2.75) is 69.2 Å². The van der Waals surface area contributed by atoms with E-state index < -0.39 is 5.79 Å². The molecule has 5 heteroatoms. The molecule has 2 saturated heterocycles. The molecule has 4 atom stereocenters. The van der Waals surface area contributed by atoms with Crippen LogP contribution in [0, 0.1) is 11.8 Å². The van der Waals surface area contributed by atoms with E-state index in [2.05, 4.69) is 0 Å². The molecule has 21 heavy (non-hydrogen) atoms. The van der Waals surface area contributed by atoms with E-state index in [9.17, 15) is 5.11 Å². The highest BCUT2D eigenvalue weighted by molar-refractivity contribution is 4.99. The van der Waals surface area contributed by atoms with Crippen molar-refractivity contribution < 1.29 is 24.1 Å². The highest BCUT2D eigenvalue weighted by Crippen LogP contribution is 2.53. The molecule has 2 saturated carbocycles. The third-order valence-electron chi connectivity index (χ3n) is 5.54. The summed E-state index contributed by atoms with van der Waals surface area (Å²) in [6.45, 7) is 1.44. The van der Waals surface area contributed by atoms with Gasteiger partial charge in [0.2, 0.25) is 0 Å². The first kappa shape index (κ1) is 14.4. The van der Waals surface area contributed by atoms with E-state index in [1.807, 2.05) is 0 Å². The Bertz CT molecular complexity index is 354. The largest absolute Gasteiger partial charge is 0.394 e. The van der Waals surface area contributed by atoms with Crippen molar-refractivity contribution in [2.24, 2.45) is 11.8 Å². The van der Waals surface area contributed by atoms with E-state index >= 15 is 0 Å². The highest BCUT2D eigenvalue weighted by atomic mass is 16.7. The fourth-order valence-corrected chi connectivity index (χ4v) is 4.60. The minimum atomic E-state index is -0.408. The van der Waals surface area contributed by atoms with E-state index in [1.165, 1.54) is 12.8 Å². The van der Waals surface area contributed by atoms with Crippen LogP contribution in [0.4, 0.5) is 0 Å². The predicted octanol–water partition coefficient (Wildman–Crippen LogP) is 1.82. The Balaban J connectivity index is 1.29. The molecule has 2 aliphatic heterocycles. The van der Waals surface area contributed by atoms with Gasteiger partial charge >= 0.3 is 0 Å². The minimum Gasteiger partial charge on any atom is -0.394 e. The molecule has 0 aromatic rings. The number of fused-ring (bicyclic) bond motifs is 1. The van der Waals surface area contributed by atoms with Crippen LogP contribution in [0.2, 0.25) is 0 Å². The second kappa shape index (κ2) is 5.78. The molecule has 2 heterocycles. The number of ether oxygens (including phenoxy) is 4. The molecule has 0 aromatic carbocycles. The summed E-state index contributed by atoms with van der Waals surface area (Å²) in [5, 5.41) is 9.20. The van der Waals surface area contributed by atoms with Crippen LogP contribution in [0.5, 0.6) is 0 Å².